The van der Waals surface area contributed by atoms with E-state index in [1.807, 2.05) is 0 Å². The number of nitrogens with one attached hydrogen (secondary N) is 1. The summed E-state index contributed by atoms with van der Waals surface area (Å²) in [5.74, 6) is 0.220. The molecule has 4 atom stereocenters. The van der Waals surface area contributed by atoms with Crippen LogP contribution < -0.4 is 5.32 Å². The molecule has 0 spiro atoms. The van der Waals surface area contributed by atoms with Crippen molar-refractivity contribution in [1.29, 1.82) is 0 Å². The summed E-state index contributed by atoms with van der Waals surface area (Å²) < 4.78 is 0. The molecular formula is C14H19NO2S. The van der Waals surface area contributed by atoms with E-state index < -0.39 is 5.97 Å². The number of aliphatic carboxylic acids is 1. The first-order valence-electron chi connectivity index (χ1n) is 6.66. The Kier molecular flexibility index (Phi) is 3.16. The molecular weight excluding hydrogens is 246 g/mol. The monoisotopic (exact) mass is 265 g/mol. The molecule has 1 heterocycles. The first-order chi connectivity index (χ1) is 8.66. The van der Waals surface area contributed by atoms with Gasteiger partial charge in [0.2, 0.25) is 0 Å². The highest BCUT2D eigenvalue weighted by atomic mass is 32.1. The first kappa shape index (κ1) is 12.2. The maximum Gasteiger partial charge on any atom is 0.308 e. The largest absolute Gasteiger partial charge is 0.481 e. The lowest BCUT2D eigenvalue weighted by molar-refractivity contribution is -0.144. The zero-order valence-corrected chi connectivity index (χ0v) is 11.4. The van der Waals surface area contributed by atoms with E-state index in [9.17, 15) is 9.90 Å². The SMILES string of the molecule is Cc1ccsc1CNC1C2CCC(C2)C1C(=O)O. The summed E-state index contributed by atoms with van der Waals surface area (Å²) in [5.41, 5.74) is 1.31. The lowest BCUT2D eigenvalue weighted by Crippen LogP contribution is -2.43. The van der Waals surface area contributed by atoms with Gasteiger partial charge in [-0.1, -0.05) is 0 Å². The van der Waals surface area contributed by atoms with E-state index >= 15 is 0 Å². The van der Waals surface area contributed by atoms with Crippen LogP contribution in [0, 0.1) is 24.7 Å². The summed E-state index contributed by atoms with van der Waals surface area (Å²) in [6, 6.07) is 2.31. The molecule has 3 nitrogen and oxygen atoms in total. The third-order valence-electron chi connectivity index (χ3n) is 4.67. The maximum absolute atomic E-state index is 11.4. The van der Waals surface area contributed by atoms with Crippen molar-refractivity contribution in [2.45, 2.75) is 38.8 Å². The van der Waals surface area contributed by atoms with Crippen LogP contribution in [0.5, 0.6) is 0 Å². The van der Waals surface area contributed by atoms with E-state index in [2.05, 4.69) is 23.7 Å². The van der Waals surface area contributed by atoms with Gasteiger partial charge in [0.15, 0.2) is 0 Å². The molecule has 2 aliphatic carbocycles. The highest BCUT2D eigenvalue weighted by molar-refractivity contribution is 7.10. The molecule has 98 valence electrons. The van der Waals surface area contributed by atoms with E-state index in [1.165, 1.54) is 16.9 Å². The molecule has 2 bridgehead atoms. The molecule has 2 saturated carbocycles. The fourth-order valence-electron chi connectivity index (χ4n) is 3.74. The van der Waals surface area contributed by atoms with Gasteiger partial charge in [-0.25, -0.2) is 0 Å². The lowest BCUT2D eigenvalue weighted by Gasteiger charge is -2.29. The highest BCUT2D eigenvalue weighted by Gasteiger charge is 2.50. The van der Waals surface area contributed by atoms with Crippen LogP contribution in [0.15, 0.2) is 11.4 Å². The third-order valence-corrected chi connectivity index (χ3v) is 5.69. The number of aryl methyl sites for hydroxylation is 1. The minimum atomic E-state index is -0.609. The minimum absolute atomic E-state index is 0.163. The van der Waals surface area contributed by atoms with Crippen molar-refractivity contribution in [1.82, 2.24) is 5.32 Å². The van der Waals surface area contributed by atoms with Gasteiger partial charge < -0.3 is 10.4 Å². The van der Waals surface area contributed by atoms with Crippen molar-refractivity contribution in [2.75, 3.05) is 0 Å². The van der Waals surface area contributed by atoms with Gasteiger partial charge in [0.05, 0.1) is 5.92 Å². The summed E-state index contributed by atoms with van der Waals surface area (Å²) in [5, 5.41) is 15.0. The van der Waals surface area contributed by atoms with Gasteiger partial charge in [0, 0.05) is 17.5 Å². The zero-order chi connectivity index (χ0) is 12.7. The van der Waals surface area contributed by atoms with E-state index in [0.717, 1.165) is 19.4 Å². The van der Waals surface area contributed by atoms with Crippen molar-refractivity contribution in [2.24, 2.45) is 17.8 Å². The topological polar surface area (TPSA) is 49.3 Å². The van der Waals surface area contributed by atoms with E-state index in [-0.39, 0.29) is 12.0 Å². The summed E-state index contributed by atoms with van der Waals surface area (Å²) in [6.45, 7) is 2.93. The van der Waals surface area contributed by atoms with Gasteiger partial charge in [-0.3, -0.25) is 4.79 Å². The molecule has 1 aromatic heterocycles. The number of carbonyl (C=O) groups is 1. The summed E-state index contributed by atoms with van der Waals surface area (Å²) in [4.78, 5) is 12.7. The van der Waals surface area contributed by atoms with Crippen LogP contribution >= 0.6 is 11.3 Å². The molecule has 2 fully saturated rings. The standard InChI is InChI=1S/C14H19NO2S/c1-8-4-5-18-11(8)7-15-13-10-3-2-9(6-10)12(13)14(16)17/h4-5,9-10,12-13,15H,2-3,6-7H2,1H3,(H,16,17). The fourth-order valence-corrected chi connectivity index (χ4v) is 4.59. The average molecular weight is 265 g/mol. The van der Waals surface area contributed by atoms with Gasteiger partial charge in [-0.05, 0) is 55.0 Å². The second-order valence-corrected chi connectivity index (χ2v) is 6.63. The quantitative estimate of drug-likeness (QED) is 0.880. The first-order valence-corrected chi connectivity index (χ1v) is 7.54. The normalized spacial score (nSPS) is 34.1. The highest BCUT2D eigenvalue weighted by Crippen LogP contribution is 2.48. The third kappa shape index (κ3) is 1.97. The number of thiophene rings is 1. The molecule has 2 N–H and O–H groups in total. The number of carboxylic acids is 1. The number of carboxylic acid groups (broad SMARTS) is 1. The molecule has 0 saturated heterocycles. The number of hydrogen-bond acceptors (Lipinski definition) is 3. The van der Waals surface area contributed by atoms with Crippen LogP contribution in [0.25, 0.3) is 0 Å². The molecule has 0 aromatic carbocycles. The van der Waals surface area contributed by atoms with Crippen LogP contribution in [0.1, 0.15) is 29.7 Å². The van der Waals surface area contributed by atoms with Gasteiger partial charge in [0.25, 0.3) is 0 Å². The fraction of sp³-hybridized carbons (Fsp3) is 0.643. The van der Waals surface area contributed by atoms with Crippen molar-refractivity contribution in [3.8, 4) is 0 Å². The molecule has 18 heavy (non-hydrogen) atoms. The summed E-state index contributed by atoms with van der Waals surface area (Å²) in [7, 11) is 0. The van der Waals surface area contributed by atoms with Gasteiger partial charge in [-0.15, -0.1) is 11.3 Å². The second kappa shape index (κ2) is 4.67. The molecule has 2 aliphatic rings. The van der Waals surface area contributed by atoms with Crippen LogP contribution in [-0.2, 0) is 11.3 Å². The summed E-state index contributed by atoms with van der Waals surface area (Å²) in [6.07, 6.45) is 3.42. The Morgan fingerprint density at radius 2 is 2.28 bits per heavy atom. The van der Waals surface area contributed by atoms with Crippen molar-refractivity contribution in [3.05, 3.63) is 21.9 Å². The Morgan fingerprint density at radius 1 is 1.50 bits per heavy atom. The molecule has 0 aliphatic heterocycles. The average Bonchev–Trinajstić information content (AvgIpc) is 3.00. The molecule has 1 aromatic rings. The number of hydrogen-bond donors (Lipinski definition) is 2. The molecule has 4 heteroatoms. The Labute approximate surface area is 111 Å². The van der Waals surface area contributed by atoms with E-state index in [1.54, 1.807) is 11.3 Å². The van der Waals surface area contributed by atoms with Crippen LogP contribution in [0.3, 0.4) is 0 Å². The Bertz CT molecular complexity index is 456. The molecule has 4 unspecified atom stereocenters. The second-order valence-electron chi connectivity index (χ2n) is 5.63. The Balaban J connectivity index is 1.68. The molecule has 3 rings (SSSR count). The number of fused-ring (bicyclic) bond motifs is 2. The summed E-state index contributed by atoms with van der Waals surface area (Å²) >= 11 is 1.75. The van der Waals surface area contributed by atoms with E-state index in [4.69, 9.17) is 0 Å². The van der Waals surface area contributed by atoms with Crippen LogP contribution in [0.4, 0.5) is 0 Å². The van der Waals surface area contributed by atoms with Gasteiger partial charge in [0.1, 0.15) is 0 Å². The molecule has 0 radical (unpaired) electrons. The smallest absolute Gasteiger partial charge is 0.308 e. The predicted octanol–water partition coefficient (Wildman–Crippen LogP) is 2.65. The van der Waals surface area contributed by atoms with Crippen molar-refractivity contribution in [3.63, 3.8) is 0 Å². The lowest BCUT2D eigenvalue weighted by atomic mass is 9.84. The van der Waals surface area contributed by atoms with E-state index in [0.29, 0.717) is 11.8 Å². The number of rotatable bonds is 4. The van der Waals surface area contributed by atoms with Crippen molar-refractivity contribution < 1.29 is 9.90 Å². The zero-order valence-electron chi connectivity index (χ0n) is 10.6. The molecule has 0 amide bonds. The Morgan fingerprint density at radius 3 is 2.94 bits per heavy atom. The van der Waals surface area contributed by atoms with Crippen LogP contribution in [-0.4, -0.2) is 17.1 Å². The maximum atomic E-state index is 11.4. The van der Waals surface area contributed by atoms with Crippen LogP contribution in [0.2, 0.25) is 0 Å². The minimum Gasteiger partial charge on any atom is -0.481 e. The van der Waals surface area contributed by atoms with Gasteiger partial charge in [-0.2, -0.15) is 0 Å². The van der Waals surface area contributed by atoms with Gasteiger partial charge >= 0.3 is 5.97 Å². The predicted molar refractivity (Wildman–Crippen MR) is 71.6 cm³/mol. The van der Waals surface area contributed by atoms with Crippen molar-refractivity contribution >= 4 is 17.3 Å². The Hall–Kier alpha value is -0.870.